The second-order valence-corrected chi connectivity index (χ2v) is 5.69. The highest BCUT2D eigenvalue weighted by atomic mass is 15.3. The van der Waals surface area contributed by atoms with Crippen LogP contribution in [0.5, 0.6) is 0 Å². The summed E-state index contributed by atoms with van der Waals surface area (Å²) in [5.41, 5.74) is 3.55. The number of fused-ring (bicyclic) bond motifs is 2. The molecule has 98 valence electrons. The quantitative estimate of drug-likeness (QED) is 0.560. The highest BCUT2D eigenvalue weighted by Crippen LogP contribution is 2.48. The van der Waals surface area contributed by atoms with Crippen molar-refractivity contribution >= 4 is 11.8 Å². The van der Waals surface area contributed by atoms with Crippen molar-refractivity contribution in [2.45, 2.75) is 32.6 Å². The van der Waals surface area contributed by atoms with E-state index in [2.05, 4.69) is 20.7 Å². The first-order chi connectivity index (χ1) is 8.76. The average molecular weight is 247 g/mol. The van der Waals surface area contributed by atoms with E-state index in [1.807, 2.05) is 6.92 Å². The fraction of sp³-hybridized carbons (Fsp3) is 0.692. The molecule has 4 N–H and O–H groups in total. The van der Waals surface area contributed by atoms with Crippen LogP contribution in [0.15, 0.2) is 6.20 Å². The van der Waals surface area contributed by atoms with Gasteiger partial charge in [-0.05, 0) is 43.9 Å². The molecule has 3 atom stereocenters. The Labute approximate surface area is 108 Å². The third-order valence-electron chi connectivity index (χ3n) is 4.52. The van der Waals surface area contributed by atoms with Gasteiger partial charge in [-0.1, -0.05) is 6.42 Å². The number of aromatic nitrogens is 2. The summed E-state index contributed by atoms with van der Waals surface area (Å²) in [5.74, 6) is 9.47. The van der Waals surface area contributed by atoms with Crippen molar-refractivity contribution in [3.8, 4) is 0 Å². The Kier molecular flexibility index (Phi) is 3.07. The Balaban J connectivity index is 1.62. The largest absolute Gasteiger partial charge is 0.369 e. The van der Waals surface area contributed by atoms with E-state index < -0.39 is 0 Å². The van der Waals surface area contributed by atoms with Gasteiger partial charge in [0, 0.05) is 18.3 Å². The van der Waals surface area contributed by atoms with E-state index in [4.69, 9.17) is 5.84 Å². The third kappa shape index (κ3) is 2.14. The fourth-order valence-electron chi connectivity index (χ4n) is 3.54. The van der Waals surface area contributed by atoms with Gasteiger partial charge in [-0.15, -0.1) is 0 Å². The maximum atomic E-state index is 5.33. The summed E-state index contributed by atoms with van der Waals surface area (Å²) >= 11 is 0. The number of nitrogens with two attached hydrogens (primary N) is 1. The zero-order valence-electron chi connectivity index (χ0n) is 10.8. The number of rotatable bonds is 4. The maximum Gasteiger partial charge on any atom is 0.239 e. The fourth-order valence-corrected chi connectivity index (χ4v) is 3.54. The van der Waals surface area contributed by atoms with E-state index in [1.54, 1.807) is 6.20 Å². The molecule has 3 unspecified atom stereocenters. The van der Waals surface area contributed by atoms with Crippen LogP contribution >= 0.6 is 0 Å². The Morgan fingerprint density at radius 3 is 2.94 bits per heavy atom. The third-order valence-corrected chi connectivity index (χ3v) is 4.52. The van der Waals surface area contributed by atoms with Crippen LogP contribution in [0, 0.1) is 24.7 Å². The highest BCUT2D eigenvalue weighted by molar-refractivity contribution is 5.46. The highest BCUT2D eigenvalue weighted by Gasteiger charge is 2.39. The second-order valence-electron chi connectivity index (χ2n) is 5.69. The minimum Gasteiger partial charge on any atom is -0.369 e. The minimum absolute atomic E-state index is 0.469. The van der Waals surface area contributed by atoms with Crippen molar-refractivity contribution in [3.63, 3.8) is 0 Å². The molecule has 3 rings (SSSR count). The lowest BCUT2D eigenvalue weighted by atomic mass is 9.89. The van der Waals surface area contributed by atoms with Crippen LogP contribution in [-0.4, -0.2) is 16.5 Å². The molecular weight excluding hydrogens is 226 g/mol. The van der Waals surface area contributed by atoms with Gasteiger partial charge in [-0.3, -0.25) is 5.43 Å². The van der Waals surface area contributed by atoms with Gasteiger partial charge in [0.2, 0.25) is 5.95 Å². The molecule has 18 heavy (non-hydrogen) atoms. The number of nitrogens with one attached hydrogen (secondary N) is 2. The molecule has 2 fully saturated rings. The van der Waals surface area contributed by atoms with Crippen LogP contribution in [0.4, 0.5) is 11.8 Å². The number of anilines is 2. The first-order valence-electron chi connectivity index (χ1n) is 6.80. The Morgan fingerprint density at radius 2 is 2.28 bits per heavy atom. The summed E-state index contributed by atoms with van der Waals surface area (Å²) < 4.78 is 0. The summed E-state index contributed by atoms with van der Waals surface area (Å²) in [6, 6.07) is 0. The molecule has 1 aromatic heterocycles. The minimum atomic E-state index is 0.469. The smallest absolute Gasteiger partial charge is 0.239 e. The van der Waals surface area contributed by atoms with Crippen molar-refractivity contribution < 1.29 is 0 Å². The lowest BCUT2D eigenvalue weighted by molar-refractivity contribution is 0.348. The van der Waals surface area contributed by atoms with Crippen molar-refractivity contribution in [2.75, 3.05) is 17.3 Å². The summed E-state index contributed by atoms with van der Waals surface area (Å²) in [6.45, 7) is 3.05. The standard InChI is InChI=1S/C13H21N5/c1-8-6-16-13(18-14)17-12(8)15-7-11-5-9-2-3-10(11)4-9/h6,9-11H,2-5,7,14H2,1H3,(H2,15,16,17,18). The van der Waals surface area contributed by atoms with Crippen LogP contribution < -0.4 is 16.6 Å². The number of hydrazine groups is 1. The van der Waals surface area contributed by atoms with Gasteiger partial charge in [0.15, 0.2) is 0 Å². The van der Waals surface area contributed by atoms with Crippen LogP contribution in [0.2, 0.25) is 0 Å². The van der Waals surface area contributed by atoms with E-state index >= 15 is 0 Å². The lowest BCUT2D eigenvalue weighted by Crippen LogP contribution is -2.21. The predicted octanol–water partition coefficient (Wildman–Crippen LogP) is 1.92. The SMILES string of the molecule is Cc1cnc(NN)nc1NCC1CC2CCC1C2. The Hall–Kier alpha value is -1.36. The zero-order chi connectivity index (χ0) is 12.5. The van der Waals surface area contributed by atoms with Crippen molar-refractivity contribution in [2.24, 2.45) is 23.6 Å². The van der Waals surface area contributed by atoms with Crippen molar-refractivity contribution in [1.82, 2.24) is 9.97 Å². The number of aryl methyl sites for hydroxylation is 1. The first-order valence-corrected chi connectivity index (χ1v) is 6.80. The molecular formula is C13H21N5. The number of hydrogen-bond donors (Lipinski definition) is 3. The molecule has 0 aromatic carbocycles. The van der Waals surface area contributed by atoms with E-state index in [0.29, 0.717) is 5.95 Å². The van der Waals surface area contributed by atoms with Gasteiger partial charge in [0.25, 0.3) is 0 Å². The average Bonchev–Trinajstić information content (AvgIpc) is 3.00. The van der Waals surface area contributed by atoms with Gasteiger partial charge in [-0.25, -0.2) is 10.8 Å². The number of nitrogens with zero attached hydrogens (tertiary/aromatic N) is 2. The Morgan fingerprint density at radius 1 is 1.39 bits per heavy atom. The second kappa shape index (κ2) is 4.72. The van der Waals surface area contributed by atoms with Gasteiger partial charge in [0.1, 0.15) is 5.82 Å². The summed E-state index contributed by atoms with van der Waals surface area (Å²) in [7, 11) is 0. The van der Waals surface area contributed by atoms with Gasteiger partial charge in [-0.2, -0.15) is 4.98 Å². The monoisotopic (exact) mass is 247 g/mol. The topological polar surface area (TPSA) is 75.9 Å². The van der Waals surface area contributed by atoms with Crippen LogP contribution in [0.3, 0.4) is 0 Å². The zero-order valence-corrected chi connectivity index (χ0v) is 10.8. The molecule has 0 aliphatic heterocycles. The van der Waals surface area contributed by atoms with Crippen LogP contribution in [0.25, 0.3) is 0 Å². The molecule has 0 radical (unpaired) electrons. The van der Waals surface area contributed by atoms with E-state index in [-0.39, 0.29) is 0 Å². The molecule has 2 saturated carbocycles. The number of hydrogen-bond acceptors (Lipinski definition) is 5. The molecule has 1 aromatic rings. The van der Waals surface area contributed by atoms with E-state index in [0.717, 1.165) is 35.7 Å². The normalized spacial score (nSPS) is 29.6. The number of nitrogen functional groups attached to an aromatic ring is 1. The molecule has 5 heteroatoms. The molecule has 0 spiro atoms. The summed E-state index contributed by atoms with van der Waals surface area (Å²) in [4.78, 5) is 8.44. The summed E-state index contributed by atoms with van der Waals surface area (Å²) in [5, 5.41) is 3.47. The molecule has 2 bridgehead atoms. The molecule has 2 aliphatic carbocycles. The van der Waals surface area contributed by atoms with E-state index in [9.17, 15) is 0 Å². The van der Waals surface area contributed by atoms with E-state index in [1.165, 1.54) is 25.7 Å². The first kappa shape index (κ1) is 11.7. The summed E-state index contributed by atoms with van der Waals surface area (Å²) in [6.07, 6.45) is 7.52. The Bertz CT molecular complexity index is 433. The van der Waals surface area contributed by atoms with Crippen molar-refractivity contribution in [3.05, 3.63) is 11.8 Å². The lowest BCUT2D eigenvalue weighted by Gasteiger charge is -2.22. The van der Waals surface area contributed by atoms with Crippen LogP contribution in [0.1, 0.15) is 31.2 Å². The van der Waals surface area contributed by atoms with Gasteiger partial charge in [0.05, 0.1) is 0 Å². The van der Waals surface area contributed by atoms with Gasteiger partial charge >= 0.3 is 0 Å². The van der Waals surface area contributed by atoms with Crippen molar-refractivity contribution in [1.29, 1.82) is 0 Å². The van der Waals surface area contributed by atoms with Gasteiger partial charge < -0.3 is 5.32 Å². The maximum absolute atomic E-state index is 5.33. The predicted molar refractivity (Wildman–Crippen MR) is 72.0 cm³/mol. The molecule has 0 saturated heterocycles. The molecule has 1 heterocycles. The molecule has 0 amide bonds. The molecule has 5 nitrogen and oxygen atoms in total. The molecule has 2 aliphatic rings. The van der Waals surface area contributed by atoms with Crippen LogP contribution in [-0.2, 0) is 0 Å².